The zero-order valence-corrected chi connectivity index (χ0v) is 35.4. The van der Waals surface area contributed by atoms with E-state index in [9.17, 15) is 9.59 Å². The van der Waals surface area contributed by atoms with E-state index >= 15 is 8.78 Å². The second kappa shape index (κ2) is 16.6. The van der Waals surface area contributed by atoms with Gasteiger partial charge in [0.1, 0.15) is 0 Å². The van der Waals surface area contributed by atoms with Gasteiger partial charge < -0.3 is 35.2 Å². The van der Waals surface area contributed by atoms with Crippen LogP contribution >= 0.6 is 0 Å². The lowest BCUT2D eigenvalue weighted by molar-refractivity contribution is -0.129. The molecule has 0 aliphatic carbocycles. The van der Waals surface area contributed by atoms with Crippen LogP contribution in [0.15, 0.2) is 61.5 Å². The average molecular weight is 828 g/mol. The highest BCUT2D eigenvalue weighted by Crippen LogP contribution is 2.46. The van der Waals surface area contributed by atoms with E-state index in [4.69, 9.17) is 10.8 Å². The van der Waals surface area contributed by atoms with E-state index in [1.165, 1.54) is 11.3 Å². The molecular weight excluding hydrogens is 773 g/mol. The normalized spacial score (nSPS) is 19.2. The number of fused-ring (bicyclic) bond motifs is 3. The Morgan fingerprint density at radius 3 is 2.46 bits per heavy atom. The number of nitrogens with zero attached hydrogens (tertiary/aromatic N) is 7. The number of halogens is 2. The molecule has 318 valence electrons. The summed E-state index contributed by atoms with van der Waals surface area (Å²) in [6.07, 6.45) is 16.2. The summed E-state index contributed by atoms with van der Waals surface area (Å²) in [5.74, 6) is 0.799. The van der Waals surface area contributed by atoms with Gasteiger partial charge in [0.25, 0.3) is 6.43 Å². The zero-order valence-electron chi connectivity index (χ0n) is 35.4. The van der Waals surface area contributed by atoms with Crippen LogP contribution in [0.2, 0.25) is 0 Å². The molecule has 0 spiro atoms. The second-order valence-corrected chi connectivity index (χ2v) is 16.7. The highest BCUT2D eigenvalue weighted by Gasteiger charge is 2.37. The smallest absolute Gasteiger partial charge is 0.264 e. The molecule has 5 aliphatic heterocycles. The van der Waals surface area contributed by atoms with E-state index in [-0.39, 0.29) is 29.5 Å². The van der Waals surface area contributed by atoms with Gasteiger partial charge in [-0.2, -0.15) is 5.10 Å². The minimum Gasteiger partial charge on any atom is -0.396 e. The number of aryl methyl sites for hydroxylation is 2. The zero-order chi connectivity index (χ0) is 43.3. The van der Waals surface area contributed by atoms with E-state index in [0.29, 0.717) is 49.3 Å². The van der Waals surface area contributed by atoms with Gasteiger partial charge in [0, 0.05) is 116 Å². The molecule has 0 bridgehead atoms. The predicted molar refractivity (Wildman–Crippen MR) is 239 cm³/mol. The summed E-state index contributed by atoms with van der Waals surface area (Å²) >= 11 is 0. The van der Waals surface area contributed by atoms with Crippen molar-refractivity contribution in [1.82, 2.24) is 29.5 Å². The Hall–Kier alpha value is -6.29. The molecule has 2 amide bonds. The first-order chi connectivity index (χ1) is 29.4. The topological polar surface area (TPSA) is 108 Å². The third kappa shape index (κ3) is 7.36. The van der Waals surface area contributed by atoms with Crippen LogP contribution in [0.5, 0.6) is 0 Å². The lowest BCUT2D eigenvalue weighted by Gasteiger charge is -2.35. The number of terminal acetylenes is 1. The lowest BCUT2D eigenvalue weighted by atomic mass is 9.92. The van der Waals surface area contributed by atoms with Crippen LogP contribution in [0.1, 0.15) is 97.6 Å². The Balaban J connectivity index is 0.00000253. The number of alkyl halides is 2. The Labute approximate surface area is 357 Å². The number of allylic oxidation sites excluding steroid dienone is 1. The molecular formula is C48H55F2N9O2. The maximum atomic E-state index is 15.0. The molecule has 61 heavy (non-hydrogen) atoms. The van der Waals surface area contributed by atoms with Gasteiger partial charge in [0.15, 0.2) is 5.82 Å². The minimum atomic E-state index is -2.71. The summed E-state index contributed by atoms with van der Waals surface area (Å²) < 4.78 is 34.2. The van der Waals surface area contributed by atoms with Crippen LogP contribution in [0.25, 0.3) is 22.9 Å². The Morgan fingerprint density at radius 2 is 1.75 bits per heavy atom. The van der Waals surface area contributed by atoms with Gasteiger partial charge in [0.2, 0.25) is 11.8 Å². The number of nitrogens with one attached hydrogen (secondary N) is 1. The number of nitrogen functional groups attached to an aromatic ring is 1. The van der Waals surface area contributed by atoms with Crippen molar-refractivity contribution in [3.8, 4) is 24.0 Å². The van der Waals surface area contributed by atoms with E-state index in [1.807, 2.05) is 47.9 Å². The number of carbonyl (C=O) groups is 2. The van der Waals surface area contributed by atoms with Crippen LogP contribution in [0, 0.1) is 12.8 Å². The summed E-state index contributed by atoms with van der Waals surface area (Å²) in [5.41, 5.74) is 18.0. The molecule has 0 radical (unpaired) electrons. The average Bonchev–Trinajstić information content (AvgIpc) is 3.90. The molecule has 13 heteroatoms. The lowest BCUT2D eigenvalue weighted by Crippen LogP contribution is -2.43. The number of piperidine rings is 2. The molecule has 4 aromatic rings. The second-order valence-electron chi connectivity index (χ2n) is 16.7. The number of rotatable bonds is 7. The van der Waals surface area contributed by atoms with Gasteiger partial charge in [-0.25, -0.2) is 8.78 Å². The Kier molecular flexibility index (Phi) is 11.3. The number of carbonyl (C=O) groups excluding carboxylic acids is 2. The van der Waals surface area contributed by atoms with Gasteiger partial charge in [0.05, 0.1) is 30.0 Å². The summed E-state index contributed by atoms with van der Waals surface area (Å²) in [6, 6.07) is 10.4. The Bertz CT molecular complexity index is 2470. The quantitative estimate of drug-likeness (QED) is 0.182. The van der Waals surface area contributed by atoms with Crippen molar-refractivity contribution in [2.45, 2.75) is 90.4 Å². The number of hydrogen-bond acceptors (Lipinski definition) is 7. The number of anilines is 4. The maximum absolute atomic E-state index is 15.0. The molecule has 11 nitrogen and oxygen atoms in total. The van der Waals surface area contributed by atoms with Crippen molar-refractivity contribution in [2.75, 3.05) is 41.7 Å². The fourth-order valence-electron chi connectivity index (χ4n) is 10.1. The Morgan fingerprint density at radius 1 is 0.984 bits per heavy atom. The van der Waals surface area contributed by atoms with Crippen molar-refractivity contribution in [3.05, 3.63) is 101 Å². The molecule has 5 aliphatic rings. The number of hydrogen-bond donors (Lipinski definition) is 2. The molecule has 2 fully saturated rings. The van der Waals surface area contributed by atoms with Crippen LogP contribution in [0.4, 0.5) is 31.7 Å². The summed E-state index contributed by atoms with van der Waals surface area (Å²) in [4.78, 5) is 33.4. The van der Waals surface area contributed by atoms with E-state index in [0.717, 1.165) is 103 Å². The first-order valence-corrected chi connectivity index (χ1v) is 21.2. The first-order valence-electron chi connectivity index (χ1n) is 21.2. The summed E-state index contributed by atoms with van der Waals surface area (Å²) in [6.45, 7) is 16.2. The molecule has 0 saturated carbocycles. The van der Waals surface area contributed by atoms with Gasteiger partial charge in [-0.1, -0.05) is 25.3 Å². The van der Waals surface area contributed by atoms with Crippen molar-refractivity contribution >= 4 is 46.5 Å². The molecule has 2 saturated heterocycles. The standard InChI is InChI=1S/C46H53F2N9O2.C2H2/c1-6-8-41-44(49)37(25-52(41)5)35-22-30-9-7-17-55(42(30)23-36(35)45(47)48)46-38-26-54(29(4)58)20-16-40(38)57(51-46)32-14-18-53(19-15-32)33-10-11-34-28(3)56(24-31(34)21-33)39-12-13-43(59)50-27(39)2;1-2/h6,8,10-11,21-23,25,32,39,45H,2-3,7,9,12-20,24,26,49H2,1,4-5H3,(H,50,59);1-2H/b8-6-;. The third-order valence-electron chi connectivity index (χ3n) is 13.2. The molecule has 1 unspecified atom stereocenters. The molecule has 3 N–H and O–H groups in total. The van der Waals surface area contributed by atoms with E-state index in [2.05, 4.69) is 68.9 Å². The SMILES string of the molecule is C#C.C=C1NC(=O)CCC1N1Cc2cc(N3CCC(n4nc(N5CCCc6cc(-c7cn(C)c(/C=C\C)c7N)c(C(F)F)cc65)c5c4CCN(C(C)=O)C5)CC3)ccc2C1=C. The molecule has 9 rings (SSSR count). The fourth-order valence-corrected chi connectivity index (χ4v) is 10.1. The number of nitrogens with two attached hydrogens (primary N) is 1. The third-order valence-corrected chi connectivity index (χ3v) is 13.2. The molecule has 2 aromatic carbocycles. The first kappa shape index (κ1) is 41.4. The van der Waals surface area contributed by atoms with Crippen molar-refractivity contribution in [1.29, 1.82) is 0 Å². The van der Waals surface area contributed by atoms with Crippen LogP contribution in [-0.2, 0) is 42.6 Å². The fraction of sp³-hybridized carbons (Fsp3) is 0.396. The van der Waals surface area contributed by atoms with Gasteiger partial charge in [-0.15, -0.1) is 12.8 Å². The van der Waals surface area contributed by atoms with E-state index in [1.54, 1.807) is 13.0 Å². The van der Waals surface area contributed by atoms with Gasteiger partial charge in [-0.3, -0.25) is 14.3 Å². The van der Waals surface area contributed by atoms with Gasteiger partial charge >= 0.3 is 0 Å². The monoisotopic (exact) mass is 827 g/mol. The van der Waals surface area contributed by atoms with Crippen LogP contribution in [0.3, 0.4) is 0 Å². The molecule has 1 atom stereocenters. The largest absolute Gasteiger partial charge is 0.396 e. The van der Waals surface area contributed by atoms with Crippen LogP contribution < -0.4 is 20.9 Å². The highest BCUT2D eigenvalue weighted by molar-refractivity contribution is 5.87. The van der Waals surface area contributed by atoms with Crippen molar-refractivity contribution in [3.63, 3.8) is 0 Å². The molecule has 7 heterocycles. The van der Waals surface area contributed by atoms with Gasteiger partial charge in [-0.05, 0) is 86.1 Å². The highest BCUT2D eigenvalue weighted by atomic mass is 19.3. The molecule has 2 aromatic heterocycles. The number of aromatic nitrogens is 3. The maximum Gasteiger partial charge on any atom is 0.264 e. The van der Waals surface area contributed by atoms with Crippen molar-refractivity contribution in [2.24, 2.45) is 7.05 Å². The summed E-state index contributed by atoms with van der Waals surface area (Å²) in [7, 11) is 1.88. The van der Waals surface area contributed by atoms with Crippen molar-refractivity contribution < 1.29 is 18.4 Å². The minimum absolute atomic E-state index is 0.0144. The number of benzene rings is 2. The van der Waals surface area contributed by atoms with Crippen LogP contribution in [-0.4, -0.2) is 68.2 Å². The predicted octanol–water partition coefficient (Wildman–Crippen LogP) is 8.10. The summed E-state index contributed by atoms with van der Waals surface area (Å²) in [5, 5.41) is 8.29. The van der Waals surface area contributed by atoms with E-state index < -0.39 is 6.43 Å². The number of amides is 2.